The lowest BCUT2D eigenvalue weighted by Gasteiger charge is -2.13. The maximum Gasteiger partial charge on any atom is 0.319 e. The summed E-state index contributed by atoms with van der Waals surface area (Å²) in [5.41, 5.74) is 0.997. The van der Waals surface area contributed by atoms with Gasteiger partial charge in [0.1, 0.15) is 16.9 Å². The zero-order valence-electron chi connectivity index (χ0n) is 16.0. The summed E-state index contributed by atoms with van der Waals surface area (Å²) in [5, 5.41) is 31.5. The third-order valence-electron chi connectivity index (χ3n) is 5.30. The van der Waals surface area contributed by atoms with Crippen molar-refractivity contribution in [1.82, 2.24) is 4.98 Å². The third kappa shape index (κ3) is 3.58. The van der Waals surface area contributed by atoms with E-state index < -0.39 is 17.3 Å². The molecule has 154 valence electrons. The van der Waals surface area contributed by atoms with Gasteiger partial charge in [0.05, 0.1) is 18.7 Å². The molecule has 1 saturated carbocycles. The van der Waals surface area contributed by atoms with E-state index in [1.165, 1.54) is 0 Å². The normalized spacial score (nSPS) is 14.3. The van der Waals surface area contributed by atoms with Gasteiger partial charge in [-0.2, -0.15) is 0 Å². The molecule has 3 aromatic rings. The SMILES string of the molecule is O=C(O)C1(C(=O)Nc2ccc(Oc3ccnc4cc(CO)c(CO)cc34)cc2)CC1. The summed E-state index contributed by atoms with van der Waals surface area (Å²) in [6.45, 7) is -0.415. The van der Waals surface area contributed by atoms with E-state index in [9.17, 15) is 24.9 Å². The molecule has 4 rings (SSSR count). The number of carbonyl (C=O) groups excluding carboxylic acids is 1. The van der Waals surface area contributed by atoms with Gasteiger partial charge in [-0.1, -0.05) is 0 Å². The molecule has 8 nitrogen and oxygen atoms in total. The number of aliphatic hydroxyl groups excluding tert-OH is 2. The van der Waals surface area contributed by atoms with E-state index in [4.69, 9.17) is 4.74 Å². The number of pyridine rings is 1. The number of aliphatic carboxylic acids is 1. The summed E-state index contributed by atoms with van der Waals surface area (Å²) in [6.07, 6.45) is 2.28. The second-order valence-corrected chi connectivity index (χ2v) is 7.23. The van der Waals surface area contributed by atoms with Crippen LogP contribution in [-0.4, -0.2) is 32.2 Å². The van der Waals surface area contributed by atoms with Gasteiger partial charge in [0.25, 0.3) is 0 Å². The predicted molar refractivity (Wildman–Crippen MR) is 108 cm³/mol. The topological polar surface area (TPSA) is 129 Å². The fourth-order valence-electron chi connectivity index (χ4n) is 3.29. The number of anilines is 1. The van der Waals surface area contributed by atoms with Crippen molar-refractivity contribution in [2.24, 2.45) is 5.41 Å². The van der Waals surface area contributed by atoms with Crippen LogP contribution in [0.5, 0.6) is 11.5 Å². The number of carbonyl (C=O) groups is 2. The van der Waals surface area contributed by atoms with Crippen LogP contribution in [-0.2, 0) is 22.8 Å². The first-order chi connectivity index (χ1) is 14.5. The lowest BCUT2D eigenvalue weighted by molar-refractivity contribution is -0.147. The molecule has 1 aromatic heterocycles. The van der Waals surface area contributed by atoms with E-state index >= 15 is 0 Å². The maximum absolute atomic E-state index is 12.2. The lowest BCUT2D eigenvalue weighted by Crippen LogP contribution is -2.31. The quantitative estimate of drug-likeness (QED) is 0.442. The molecule has 1 heterocycles. The van der Waals surface area contributed by atoms with Crippen LogP contribution < -0.4 is 10.1 Å². The van der Waals surface area contributed by atoms with E-state index in [1.54, 1.807) is 48.7 Å². The summed E-state index contributed by atoms with van der Waals surface area (Å²) >= 11 is 0. The Labute approximate surface area is 171 Å². The zero-order chi connectivity index (χ0) is 21.3. The number of aliphatic hydroxyl groups is 2. The molecule has 2 aromatic carbocycles. The summed E-state index contributed by atoms with van der Waals surface area (Å²) in [5.74, 6) is -0.577. The smallest absolute Gasteiger partial charge is 0.319 e. The van der Waals surface area contributed by atoms with Crippen molar-refractivity contribution >= 4 is 28.5 Å². The molecule has 1 aliphatic rings. The van der Waals surface area contributed by atoms with Crippen molar-refractivity contribution in [3.63, 3.8) is 0 Å². The average molecular weight is 408 g/mol. The molecule has 4 N–H and O–H groups in total. The van der Waals surface area contributed by atoms with E-state index in [2.05, 4.69) is 10.3 Å². The van der Waals surface area contributed by atoms with Gasteiger partial charge < -0.3 is 25.4 Å². The number of nitrogens with one attached hydrogen (secondary N) is 1. The van der Waals surface area contributed by atoms with Crippen molar-refractivity contribution in [2.45, 2.75) is 26.1 Å². The van der Waals surface area contributed by atoms with Crippen molar-refractivity contribution in [3.05, 3.63) is 59.8 Å². The van der Waals surface area contributed by atoms with Gasteiger partial charge in [0.15, 0.2) is 0 Å². The van der Waals surface area contributed by atoms with Gasteiger partial charge >= 0.3 is 5.97 Å². The van der Waals surface area contributed by atoms with Crippen LogP contribution in [0.4, 0.5) is 5.69 Å². The molecule has 0 spiro atoms. The zero-order valence-corrected chi connectivity index (χ0v) is 16.0. The Balaban J connectivity index is 1.54. The largest absolute Gasteiger partial charge is 0.480 e. The van der Waals surface area contributed by atoms with Crippen LogP contribution >= 0.6 is 0 Å². The minimum atomic E-state index is -1.30. The molecule has 0 saturated heterocycles. The number of hydrogen-bond donors (Lipinski definition) is 4. The summed E-state index contributed by atoms with van der Waals surface area (Å²) in [7, 11) is 0. The number of amides is 1. The second kappa shape index (κ2) is 7.74. The van der Waals surface area contributed by atoms with Crippen molar-refractivity contribution in [1.29, 1.82) is 0 Å². The Bertz CT molecular complexity index is 1120. The highest BCUT2D eigenvalue weighted by atomic mass is 16.5. The van der Waals surface area contributed by atoms with Crippen LogP contribution in [0.15, 0.2) is 48.7 Å². The van der Waals surface area contributed by atoms with E-state index in [0.717, 1.165) is 0 Å². The first kappa shape index (κ1) is 19.8. The Morgan fingerprint density at radius 1 is 1.03 bits per heavy atom. The maximum atomic E-state index is 12.2. The van der Waals surface area contributed by atoms with Crippen LogP contribution in [0.25, 0.3) is 10.9 Å². The predicted octanol–water partition coefficient (Wildman–Crippen LogP) is 2.82. The van der Waals surface area contributed by atoms with Gasteiger partial charge in [0.2, 0.25) is 5.91 Å². The Hall–Kier alpha value is -3.49. The van der Waals surface area contributed by atoms with Gasteiger partial charge in [-0.25, -0.2) is 0 Å². The van der Waals surface area contributed by atoms with Crippen LogP contribution in [0.2, 0.25) is 0 Å². The fraction of sp³-hybridized carbons (Fsp3) is 0.227. The summed E-state index contributed by atoms with van der Waals surface area (Å²) in [6, 6.07) is 11.7. The van der Waals surface area contributed by atoms with Gasteiger partial charge in [-0.3, -0.25) is 14.6 Å². The molecule has 0 atom stereocenters. The molecule has 1 aliphatic carbocycles. The summed E-state index contributed by atoms with van der Waals surface area (Å²) < 4.78 is 5.95. The Kier molecular flexibility index (Phi) is 5.11. The molecular formula is C22H20N2O6. The highest BCUT2D eigenvalue weighted by Gasteiger charge is 2.57. The molecule has 30 heavy (non-hydrogen) atoms. The Morgan fingerprint density at radius 2 is 1.70 bits per heavy atom. The highest BCUT2D eigenvalue weighted by Crippen LogP contribution is 2.46. The number of fused-ring (bicyclic) bond motifs is 1. The van der Waals surface area contributed by atoms with E-state index in [-0.39, 0.29) is 13.2 Å². The van der Waals surface area contributed by atoms with Crippen molar-refractivity contribution < 1.29 is 29.6 Å². The number of carboxylic acid groups (broad SMARTS) is 1. The number of carboxylic acids is 1. The molecule has 0 radical (unpaired) electrons. The second-order valence-electron chi connectivity index (χ2n) is 7.23. The molecular weight excluding hydrogens is 388 g/mol. The first-order valence-electron chi connectivity index (χ1n) is 9.42. The number of rotatable bonds is 7. The summed E-state index contributed by atoms with van der Waals surface area (Å²) in [4.78, 5) is 27.7. The number of aromatic nitrogens is 1. The average Bonchev–Trinajstić information content (AvgIpc) is 3.57. The number of nitrogens with zero attached hydrogens (tertiary/aromatic N) is 1. The van der Waals surface area contributed by atoms with Crippen LogP contribution in [0, 0.1) is 5.41 Å². The van der Waals surface area contributed by atoms with Gasteiger partial charge in [-0.15, -0.1) is 0 Å². The van der Waals surface area contributed by atoms with Crippen LogP contribution in [0.1, 0.15) is 24.0 Å². The number of ether oxygens (including phenoxy) is 1. The number of hydrogen-bond acceptors (Lipinski definition) is 6. The highest BCUT2D eigenvalue weighted by molar-refractivity contribution is 6.10. The van der Waals surface area contributed by atoms with Gasteiger partial charge in [0, 0.05) is 17.3 Å². The van der Waals surface area contributed by atoms with Gasteiger partial charge in [-0.05, 0) is 66.4 Å². The minimum absolute atomic E-state index is 0.199. The first-order valence-corrected chi connectivity index (χ1v) is 9.42. The Morgan fingerprint density at radius 3 is 2.30 bits per heavy atom. The molecule has 1 amide bonds. The van der Waals surface area contributed by atoms with Crippen LogP contribution in [0.3, 0.4) is 0 Å². The fourth-order valence-corrected chi connectivity index (χ4v) is 3.29. The number of benzene rings is 2. The third-order valence-corrected chi connectivity index (χ3v) is 5.30. The van der Waals surface area contributed by atoms with E-state index in [0.29, 0.717) is 52.1 Å². The van der Waals surface area contributed by atoms with Crippen molar-refractivity contribution in [3.8, 4) is 11.5 Å². The van der Waals surface area contributed by atoms with Crippen molar-refractivity contribution in [2.75, 3.05) is 5.32 Å². The molecule has 0 bridgehead atoms. The molecule has 0 aliphatic heterocycles. The molecule has 1 fully saturated rings. The monoisotopic (exact) mass is 408 g/mol. The molecule has 0 unspecified atom stereocenters. The minimum Gasteiger partial charge on any atom is -0.480 e. The standard InChI is InChI=1S/C22H20N2O6/c25-11-13-9-17-18(10-14(13)12-26)23-8-5-19(17)30-16-3-1-15(2-4-16)24-20(27)22(6-7-22)21(28)29/h1-5,8-10,25-26H,6-7,11-12H2,(H,24,27)(H,28,29). The molecule has 8 heteroatoms. The lowest BCUT2D eigenvalue weighted by atomic mass is 10.0. The van der Waals surface area contributed by atoms with E-state index in [1.807, 2.05) is 0 Å².